The molecule has 0 fully saturated rings. The summed E-state index contributed by atoms with van der Waals surface area (Å²) in [5, 5.41) is 15.6. The van der Waals surface area contributed by atoms with E-state index in [1.807, 2.05) is 30.5 Å². The van der Waals surface area contributed by atoms with E-state index < -0.39 is 12.5 Å². The van der Waals surface area contributed by atoms with E-state index in [0.29, 0.717) is 18.8 Å². The van der Waals surface area contributed by atoms with Crippen LogP contribution >= 0.6 is 0 Å². The lowest BCUT2D eigenvalue weighted by molar-refractivity contribution is -0.137. The number of H-pyrrole nitrogens is 1. The number of ether oxygens (including phenoxy) is 1. The van der Waals surface area contributed by atoms with Gasteiger partial charge in [0.25, 0.3) is 0 Å². The number of hydrogen-bond donors (Lipinski definition) is 2. The zero-order valence-corrected chi connectivity index (χ0v) is 18.8. The number of hydrogen-bond acceptors (Lipinski definition) is 4. The Morgan fingerprint density at radius 1 is 1.16 bits per heavy atom. The average molecular weight is 437 g/mol. The van der Waals surface area contributed by atoms with Crippen molar-refractivity contribution in [3.63, 3.8) is 0 Å². The van der Waals surface area contributed by atoms with Crippen LogP contribution < -0.4 is 9.64 Å². The number of carboxylic acids is 1. The minimum Gasteiger partial charge on any atom is -0.493 e. The number of aromatic nitrogens is 2. The Labute approximate surface area is 191 Å². The lowest BCUT2D eigenvalue weighted by Crippen LogP contribution is -2.32. The monoisotopic (exact) mass is 436 g/mol. The molecule has 6 heteroatoms. The quantitative estimate of drug-likeness (QED) is 0.326. The van der Waals surface area contributed by atoms with Gasteiger partial charge in [-0.25, -0.2) is 0 Å². The number of nitrogens with one attached hydrogen (secondary N) is 1. The van der Waals surface area contributed by atoms with Crippen molar-refractivity contribution in [2.75, 3.05) is 11.5 Å². The molecule has 0 saturated heterocycles. The molecule has 0 aliphatic heterocycles. The lowest BCUT2D eigenvalue weighted by Gasteiger charge is -2.31. The summed E-state index contributed by atoms with van der Waals surface area (Å²) in [5.74, 6) is -0.0553. The SMILES string of the molecule is [2H]C(c1ccccc1OCCCCCC(=O)O)N(c1ccc(-c2cn[nH]c2)cc1)C(C)CC. The largest absolute Gasteiger partial charge is 0.493 e. The first-order valence-electron chi connectivity index (χ1n) is 11.8. The maximum atomic E-state index is 10.7. The number of nitrogens with zero attached hydrogens (tertiary/aromatic N) is 2. The summed E-state index contributed by atoms with van der Waals surface area (Å²) in [4.78, 5) is 12.8. The van der Waals surface area contributed by atoms with E-state index in [2.05, 4.69) is 53.2 Å². The zero-order chi connectivity index (χ0) is 23.6. The second-order valence-electron chi connectivity index (χ2n) is 7.92. The molecule has 32 heavy (non-hydrogen) atoms. The summed E-state index contributed by atoms with van der Waals surface area (Å²) in [6.07, 6.45) is 7.00. The van der Waals surface area contributed by atoms with Gasteiger partial charge in [-0.15, -0.1) is 0 Å². The van der Waals surface area contributed by atoms with Gasteiger partial charge < -0.3 is 14.7 Å². The van der Waals surface area contributed by atoms with Gasteiger partial charge in [0.05, 0.1) is 14.2 Å². The molecular weight excluding hydrogens is 402 g/mol. The fourth-order valence-electron chi connectivity index (χ4n) is 3.49. The van der Waals surface area contributed by atoms with E-state index in [4.69, 9.17) is 11.2 Å². The molecule has 0 amide bonds. The first-order valence-corrected chi connectivity index (χ1v) is 11.2. The highest BCUT2D eigenvalue weighted by Gasteiger charge is 2.16. The fourth-order valence-corrected chi connectivity index (χ4v) is 3.49. The lowest BCUT2D eigenvalue weighted by atomic mass is 10.1. The van der Waals surface area contributed by atoms with Crippen LogP contribution in [-0.2, 0) is 11.3 Å². The van der Waals surface area contributed by atoms with Crippen LogP contribution in [0.5, 0.6) is 5.75 Å². The smallest absolute Gasteiger partial charge is 0.303 e. The number of rotatable bonds is 13. The Balaban J connectivity index is 1.74. The molecule has 2 unspecified atom stereocenters. The number of carbonyl (C=O) groups is 1. The molecule has 1 heterocycles. The van der Waals surface area contributed by atoms with Gasteiger partial charge in [-0.1, -0.05) is 37.3 Å². The average Bonchev–Trinajstić information content (AvgIpc) is 3.37. The summed E-state index contributed by atoms with van der Waals surface area (Å²) in [7, 11) is 0. The van der Waals surface area contributed by atoms with Crippen molar-refractivity contribution in [2.45, 2.75) is 58.5 Å². The highest BCUT2D eigenvalue weighted by molar-refractivity contribution is 5.66. The Hall–Kier alpha value is -3.28. The van der Waals surface area contributed by atoms with E-state index in [1.54, 1.807) is 6.20 Å². The number of carboxylic acid groups (broad SMARTS) is 1. The maximum absolute atomic E-state index is 10.7. The molecule has 0 spiro atoms. The number of para-hydroxylation sites is 1. The van der Waals surface area contributed by atoms with Crippen molar-refractivity contribution in [1.29, 1.82) is 0 Å². The van der Waals surface area contributed by atoms with Crippen molar-refractivity contribution in [2.24, 2.45) is 0 Å². The molecule has 0 saturated carbocycles. The fraction of sp³-hybridized carbons (Fsp3) is 0.385. The topological polar surface area (TPSA) is 78.5 Å². The van der Waals surface area contributed by atoms with Gasteiger partial charge in [0, 0.05) is 42.0 Å². The number of unbranched alkanes of at least 4 members (excludes halogenated alkanes) is 2. The predicted octanol–water partition coefficient (Wildman–Crippen LogP) is 5.91. The van der Waals surface area contributed by atoms with Crippen molar-refractivity contribution in [1.82, 2.24) is 10.2 Å². The highest BCUT2D eigenvalue weighted by atomic mass is 16.5. The third kappa shape index (κ3) is 6.61. The van der Waals surface area contributed by atoms with E-state index in [0.717, 1.165) is 41.6 Å². The van der Waals surface area contributed by atoms with E-state index in [1.165, 1.54) is 0 Å². The zero-order valence-electron chi connectivity index (χ0n) is 19.8. The summed E-state index contributed by atoms with van der Waals surface area (Å²) in [6.45, 7) is 4.15. The van der Waals surface area contributed by atoms with Gasteiger partial charge in [-0.2, -0.15) is 5.10 Å². The number of aromatic amines is 1. The predicted molar refractivity (Wildman–Crippen MR) is 128 cm³/mol. The molecule has 2 aromatic carbocycles. The Kier molecular flexibility index (Phi) is 8.18. The molecule has 2 N–H and O–H groups in total. The van der Waals surface area contributed by atoms with Crippen LogP contribution in [0.3, 0.4) is 0 Å². The minimum absolute atomic E-state index is 0.163. The van der Waals surface area contributed by atoms with Crippen molar-refractivity contribution in [3.05, 3.63) is 66.5 Å². The molecule has 0 bridgehead atoms. The molecule has 3 rings (SSSR count). The second-order valence-corrected chi connectivity index (χ2v) is 7.92. The van der Waals surface area contributed by atoms with Gasteiger partial charge in [0.2, 0.25) is 0 Å². The summed E-state index contributed by atoms with van der Waals surface area (Å²) in [5.41, 5.74) is 3.91. The van der Waals surface area contributed by atoms with Crippen molar-refractivity contribution < 1.29 is 16.0 Å². The van der Waals surface area contributed by atoms with Gasteiger partial charge in [-0.05, 0) is 56.4 Å². The standard InChI is InChI=1S/C26H33N3O3/c1-3-20(2)29(24-14-12-21(13-15-24)23-17-27-28-18-23)19-22-9-6-7-10-25(22)32-16-8-4-5-11-26(30)31/h6-7,9-10,12-15,17-18,20H,3-5,8,11,16,19H2,1-2H3,(H,27,28)(H,30,31)/i19D. The van der Waals surface area contributed by atoms with Gasteiger partial charge in [0.1, 0.15) is 5.75 Å². The number of aliphatic carboxylic acids is 1. The highest BCUT2D eigenvalue weighted by Crippen LogP contribution is 2.28. The van der Waals surface area contributed by atoms with Crippen molar-refractivity contribution in [3.8, 4) is 16.9 Å². The van der Waals surface area contributed by atoms with Crippen LogP contribution in [0.25, 0.3) is 11.1 Å². The minimum atomic E-state index is -0.763. The molecule has 2 atom stereocenters. The van der Waals surface area contributed by atoms with Gasteiger partial charge in [0.15, 0.2) is 0 Å². The maximum Gasteiger partial charge on any atom is 0.303 e. The van der Waals surface area contributed by atoms with Gasteiger partial charge in [-0.3, -0.25) is 9.89 Å². The first kappa shape index (κ1) is 21.9. The summed E-state index contributed by atoms with van der Waals surface area (Å²) < 4.78 is 15.2. The van der Waals surface area contributed by atoms with E-state index in [-0.39, 0.29) is 12.5 Å². The molecule has 3 aromatic rings. The molecule has 0 radical (unpaired) electrons. The first-order chi connectivity index (χ1) is 16.0. The van der Waals surface area contributed by atoms with Crippen LogP contribution in [-0.4, -0.2) is 33.9 Å². The summed E-state index contributed by atoms with van der Waals surface area (Å²) >= 11 is 0. The van der Waals surface area contributed by atoms with Crippen LogP contribution in [0, 0.1) is 0 Å². The molecule has 0 aliphatic rings. The molecule has 0 aliphatic carbocycles. The third-order valence-electron chi connectivity index (χ3n) is 5.55. The number of benzene rings is 2. The van der Waals surface area contributed by atoms with E-state index in [9.17, 15) is 4.79 Å². The Morgan fingerprint density at radius 3 is 2.62 bits per heavy atom. The van der Waals surface area contributed by atoms with E-state index >= 15 is 0 Å². The van der Waals surface area contributed by atoms with Gasteiger partial charge >= 0.3 is 5.97 Å². The Morgan fingerprint density at radius 2 is 1.94 bits per heavy atom. The molecular formula is C26H33N3O3. The third-order valence-corrected chi connectivity index (χ3v) is 5.55. The van der Waals surface area contributed by atoms with Crippen LogP contribution in [0.4, 0.5) is 5.69 Å². The molecule has 6 nitrogen and oxygen atoms in total. The molecule has 170 valence electrons. The summed E-state index contributed by atoms with van der Waals surface area (Å²) in [6, 6.07) is 16.1. The number of anilines is 1. The normalized spacial score (nSPS) is 13.2. The second kappa shape index (κ2) is 11.9. The van der Waals surface area contributed by atoms with Crippen molar-refractivity contribution >= 4 is 11.7 Å². The molecule has 1 aromatic heterocycles. The van der Waals surface area contributed by atoms with Crippen LogP contribution in [0.1, 0.15) is 52.9 Å². The van der Waals surface area contributed by atoms with Crippen LogP contribution in [0.15, 0.2) is 60.9 Å². The Bertz CT molecular complexity index is 992. The van der Waals surface area contributed by atoms with Crippen LogP contribution in [0.2, 0.25) is 0 Å².